The molecule has 0 amide bonds. The molecule has 5 nitrogen and oxygen atoms in total. The largest absolute Gasteiger partial charge is 0.350 e. The summed E-state index contributed by atoms with van der Waals surface area (Å²) < 4.78 is 0. The fourth-order valence-electron chi connectivity index (χ4n) is 2.73. The molecule has 26 heavy (non-hydrogen) atoms. The maximum absolute atomic E-state index is 12.6. The summed E-state index contributed by atoms with van der Waals surface area (Å²) in [6.45, 7) is 5.51. The van der Waals surface area contributed by atoms with E-state index < -0.39 is 11.6 Å². The van der Waals surface area contributed by atoms with Crippen molar-refractivity contribution in [1.82, 2.24) is 0 Å². The zero-order valence-electron chi connectivity index (χ0n) is 14.5. The van der Waals surface area contributed by atoms with Crippen molar-refractivity contribution in [3.05, 3.63) is 69.5 Å². The Bertz CT molecular complexity index is 964. The van der Waals surface area contributed by atoms with E-state index in [1.165, 1.54) is 12.1 Å². The van der Waals surface area contributed by atoms with Gasteiger partial charge in [-0.15, -0.1) is 0 Å². The zero-order chi connectivity index (χ0) is 19.0. The van der Waals surface area contributed by atoms with Crippen LogP contribution in [-0.4, -0.2) is 23.1 Å². The topological polar surface area (TPSA) is 72.8 Å². The third kappa shape index (κ3) is 3.06. The summed E-state index contributed by atoms with van der Waals surface area (Å²) in [4.78, 5) is 42.1. The Morgan fingerprint density at radius 3 is 2.23 bits per heavy atom. The van der Waals surface area contributed by atoms with Crippen LogP contribution in [0, 0.1) is 5.92 Å². The van der Waals surface area contributed by atoms with Gasteiger partial charge in [0.25, 0.3) is 0 Å². The number of benzene rings is 1. The number of hydrogen-bond acceptors (Lipinski definition) is 5. The van der Waals surface area contributed by atoms with Gasteiger partial charge >= 0.3 is 0 Å². The molecule has 0 heterocycles. The van der Waals surface area contributed by atoms with Crippen molar-refractivity contribution in [1.29, 1.82) is 0 Å². The standard InChI is InChI=1S/C20H16ClNO4/c1-10(2)14-9-16(23)11(3)8-15(14)22-26-20-17(21)18(24)12-6-4-5-7-13(12)19(20)25/h4-10H,1-3H3/b22-15-. The highest BCUT2D eigenvalue weighted by atomic mass is 35.5. The van der Waals surface area contributed by atoms with E-state index in [2.05, 4.69) is 5.16 Å². The van der Waals surface area contributed by atoms with Crippen LogP contribution < -0.4 is 0 Å². The van der Waals surface area contributed by atoms with E-state index in [4.69, 9.17) is 16.4 Å². The van der Waals surface area contributed by atoms with Crippen LogP contribution in [0.4, 0.5) is 0 Å². The minimum Gasteiger partial charge on any atom is -0.350 e. The molecule has 0 fully saturated rings. The van der Waals surface area contributed by atoms with Gasteiger partial charge in [-0.2, -0.15) is 0 Å². The third-order valence-corrected chi connectivity index (χ3v) is 4.55. The van der Waals surface area contributed by atoms with Crippen LogP contribution in [0.5, 0.6) is 0 Å². The van der Waals surface area contributed by atoms with Gasteiger partial charge in [-0.05, 0) is 36.1 Å². The maximum Gasteiger partial charge on any atom is 0.233 e. The molecule has 1 aromatic carbocycles. The fourth-order valence-corrected chi connectivity index (χ4v) is 2.95. The minimum absolute atomic E-state index is 0.0273. The molecule has 0 bridgehead atoms. The number of allylic oxidation sites excluding steroid dienone is 6. The normalized spacial score (nSPS) is 19.0. The predicted molar refractivity (Wildman–Crippen MR) is 98.2 cm³/mol. The van der Waals surface area contributed by atoms with Gasteiger partial charge in [-0.1, -0.05) is 54.9 Å². The highest BCUT2D eigenvalue weighted by Gasteiger charge is 2.33. The molecule has 0 aliphatic heterocycles. The van der Waals surface area contributed by atoms with Gasteiger partial charge in [-0.25, -0.2) is 0 Å². The summed E-state index contributed by atoms with van der Waals surface area (Å²) in [6.07, 6.45) is 3.09. The second-order valence-corrected chi connectivity index (χ2v) is 6.74. The molecule has 0 aromatic heterocycles. The molecule has 1 aromatic rings. The summed E-state index contributed by atoms with van der Waals surface area (Å²) in [7, 11) is 0. The number of ketones is 3. The van der Waals surface area contributed by atoms with Crippen LogP contribution in [0.1, 0.15) is 41.5 Å². The average Bonchev–Trinajstić information content (AvgIpc) is 2.62. The number of Topliss-reactive ketones (excluding diaryl/α,β-unsaturated/α-hetero) is 2. The van der Waals surface area contributed by atoms with Gasteiger partial charge in [0.15, 0.2) is 5.78 Å². The van der Waals surface area contributed by atoms with Crippen LogP contribution >= 0.6 is 11.6 Å². The Kier molecular flexibility index (Phi) is 4.74. The van der Waals surface area contributed by atoms with Crippen molar-refractivity contribution in [3.8, 4) is 0 Å². The van der Waals surface area contributed by atoms with Crippen molar-refractivity contribution in [3.63, 3.8) is 0 Å². The molecule has 0 saturated carbocycles. The number of nitrogens with zero attached hydrogens (tertiary/aromatic N) is 1. The number of rotatable bonds is 3. The van der Waals surface area contributed by atoms with E-state index in [-0.39, 0.29) is 33.6 Å². The SMILES string of the molecule is CC1=C/C(=N/OC2=C(Cl)C(=O)c3ccccc3C2=O)C(C(C)C)=CC1=O. The van der Waals surface area contributed by atoms with Crippen molar-refractivity contribution in [2.75, 3.05) is 0 Å². The Morgan fingerprint density at radius 2 is 1.62 bits per heavy atom. The zero-order valence-corrected chi connectivity index (χ0v) is 15.3. The highest BCUT2D eigenvalue weighted by molar-refractivity contribution is 6.49. The summed E-state index contributed by atoms with van der Waals surface area (Å²) in [6, 6.07) is 6.40. The Morgan fingerprint density at radius 1 is 1.00 bits per heavy atom. The quantitative estimate of drug-likeness (QED) is 0.596. The number of hydrogen-bond donors (Lipinski definition) is 0. The van der Waals surface area contributed by atoms with E-state index >= 15 is 0 Å². The molecule has 6 heteroatoms. The van der Waals surface area contributed by atoms with Crippen LogP contribution in [0.3, 0.4) is 0 Å². The van der Waals surface area contributed by atoms with Gasteiger partial charge in [-0.3, -0.25) is 14.4 Å². The Labute approximate surface area is 155 Å². The van der Waals surface area contributed by atoms with Gasteiger partial charge in [0.05, 0.1) is 0 Å². The molecular weight excluding hydrogens is 354 g/mol. The number of carbonyl (C=O) groups excluding carboxylic acids is 3. The summed E-state index contributed by atoms with van der Waals surface area (Å²) in [5.74, 6) is -1.37. The molecule has 0 radical (unpaired) electrons. The lowest BCUT2D eigenvalue weighted by Gasteiger charge is -2.18. The van der Waals surface area contributed by atoms with Crippen LogP contribution in [-0.2, 0) is 9.63 Å². The lowest BCUT2D eigenvalue weighted by Crippen LogP contribution is -2.21. The first kappa shape index (κ1) is 18.0. The second-order valence-electron chi connectivity index (χ2n) is 6.36. The van der Waals surface area contributed by atoms with E-state index in [0.717, 1.165) is 0 Å². The number of carbonyl (C=O) groups is 3. The van der Waals surface area contributed by atoms with E-state index in [1.54, 1.807) is 31.2 Å². The summed E-state index contributed by atoms with van der Waals surface area (Å²) in [5.41, 5.74) is 2.08. The summed E-state index contributed by atoms with van der Waals surface area (Å²) >= 11 is 6.06. The molecule has 0 N–H and O–H groups in total. The Balaban J connectivity index is 1.98. The summed E-state index contributed by atoms with van der Waals surface area (Å²) in [5, 5.41) is 3.70. The van der Waals surface area contributed by atoms with E-state index in [9.17, 15) is 14.4 Å². The number of oxime groups is 1. The first-order chi connectivity index (χ1) is 12.3. The molecule has 3 rings (SSSR count). The smallest absolute Gasteiger partial charge is 0.233 e. The van der Waals surface area contributed by atoms with E-state index in [1.807, 2.05) is 13.8 Å². The molecule has 0 saturated heterocycles. The first-order valence-electron chi connectivity index (χ1n) is 8.09. The van der Waals surface area contributed by atoms with Gasteiger partial charge in [0, 0.05) is 11.1 Å². The molecular formula is C20H16ClNO4. The molecule has 132 valence electrons. The van der Waals surface area contributed by atoms with Crippen molar-refractivity contribution in [2.24, 2.45) is 11.1 Å². The lowest BCUT2D eigenvalue weighted by molar-refractivity contribution is -0.111. The molecule has 2 aliphatic rings. The molecule has 0 atom stereocenters. The van der Waals surface area contributed by atoms with Gasteiger partial charge in [0.2, 0.25) is 17.3 Å². The predicted octanol–water partition coefficient (Wildman–Crippen LogP) is 4.00. The van der Waals surface area contributed by atoms with Crippen molar-refractivity contribution in [2.45, 2.75) is 20.8 Å². The van der Waals surface area contributed by atoms with Gasteiger partial charge in [0.1, 0.15) is 10.7 Å². The third-order valence-electron chi connectivity index (χ3n) is 4.20. The van der Waals surface area contributed by atoms with Gasteiger partial charge < -0.3 is 4.84 Å². The van der Waals surface area contributed by atoms with Crippen molar-refractivity contribution < 1.29 is 19.2 Å². The monoisotopic (exact) mass is 369 g/mol. The first-order valence-corrected chi connectivity index (χ1v) is 8.47. The van der Waals surface area contributed by atoms with E-state index in [0.29, 0.717) is 16.9 Å². The molecule has 2 aliphatic carbocycles. The molecule has 0 unspecified atom stereocenters. The van der Waals surface area contributed by atoms with Crippen LogP contribution in [0.25, 0.3) is 0 Å². The molecule has 0 spiro atoms. The maximum atomic E-state index is 12.6. The highest BCUT2D eigenvalue weighted by Crippen LogP contribution is 2.30. The average molecular weight is 370 g/mol. The number of halogens is 1. The minimum atomic E-state index is -0.503. The fraction of sp³-hybridized carbons (Fsp3) is 0.200. The number of fused-ring (bicyclic) bond motifs is 1. The lowest BCUT2D eigenvalue weighted by atomic mass is 9.90. The van der Waals surface area contributed by atoms with Crippen LogP contribution in [0.2, 0.25) is 0 Å². The second kappa shape index (κ2) is 6.84. The van der Waals surface area contributed by atoms with Crippen molar-refractivity contribution >= 4 is 34.7 Å². The van der Waals surface area contributed by atoms with Crippen LogP contribution in [0.15, 0.2) is 63.5 Å². The Hall–Kier alpha value is -2.79.